The molecule has 188 valence electrons. The highest BCUT2D eigenvalue weighted by molar-refractivity contribution is 6.30. The Bertz CT molecular complexity index is 1110. The van der Waals surface area contributed by atoms with Crippen LogP contribution >= 0.6 is 11.6 Å². The molecule has 0 aliphatic rings. The van der Waals surface area contributed by atoms with Crippen LogP contribution in [0.5, 0.6) is 0 Å². The quantitative estimate of drug-likeness (QED) is 0.420. The number of rotatable bonds is 10. The molecule has 0 aliphatic carbocycles. The summed E-state index contributed by atoms with van der Waals surface area (Å²) >= 11 is 6.24. The number of aromatic nitrogens is 2. The zero-order valence-corrected chi connectivity index (χ0v) is 21.5. The Hall–Kier alpha value is -2.74. The number of hydrogen-bond acceptors (Lipinski definition) is 4. The highest BCUT2D eigenvalue weighted by Crippen LogP contribution is 2.39. The lowest BCUT2D eigenvalue weighted by Gasteiger charge is -2.40. The van der Waals surface area contributed by atoms with Gasteiger partial charge in [-0.1, -0.05) is 74.8 Å². The highest BCUT2D eigenvalue weighted by Gasteiger charge is 2.39. The summed E-state index contributed by atoms with van der Waals surface area (Å²) < 4.78 is 21.8. The predicted octanol–water partition coefficient (Wildman–Crippen LogP) is 5.11. The number of ether oxygens (including phenoxy) is 1. The van der Waals surface area contributed by atoms with E-state index in [4.69, 9.17) is 27.1 Å². The van der Waals surface area contributed by atoms with Gasteiger partial charge in [0, 0.05) is 37.0 Å². The summed E-state index contributed by atoms with van der Waals surface area (Å²) in [5.41, 5.74) is 7.83. The first kappa shape index (κ1) is 26.9. The number of nitrogens with zero attached hydrogens (tertiary/aromatic N) is 3. The summed E-state index contributed by atoms with van der Waals surface area (Å²) in [5, 5.41) is 0.639. The molecule has 0 saturated carbocycles. The van der Waals surface area contributed by atoms with Gasteiger partial charge in [0.25, 0.3) is 0 Å². The van der Waals surface area contributed by atoms with Gasteiger partial charge in [0.05, 0.1) is 18.3 Å². The van der Waals surface area contributed by atoms with Gasteiger partial charge < -0.3 is 19.9 Å². The molecule has 1 amide bonds. The van der Waals surface area contributed by atoms with Crippen molar-refractivity contribution in [2.75, 3.05) is 26.8 Å². The number of carbonyl (C=O) groups is 1. The second kappa shape index (κ2) is 11.8. The van der Waals surface area contributed by atoms with E-state index in [0.29, 0.717) is 17.4 Å². The van der Waals surface area contributed by atoms with E-state index in [1.165, 1.54) is 12.0 Å². The number of nitrogens with two attached hydrogens (primary N) is 1. The molecule has 2 N–H and O–H groups in total. The molecule has 0 aliphatic heterocycles. The van der Waals surface area contributed by atoms with Crippen molar-refractivity contribution >= 4 is 17.5 Å². The molecule has 35 heavy (non-hydrogen) atoms. The molecule has 1 heterocycles. The third kappa shape index (κ3) is 6.90. The van der Waals surface area contributed by atoms with Crippen molar-refractivity contribution in [3.63, 3.8) is 0 Å². The fraction of sp³-hybridized carbons (Fsp3) is 0.407. The first-order valence-corrected chi connectivity index (χ1v) is 12.0. The third-order valence-electron chi connectivity index (χ3n) is 5.73. The van der Waals surface area contributed by atoms with Gasteiger partial charge in [-0.15, -0.1) is 0 Å². The van der Waals surface area contributed by atoms with Crippen LogP contribution in [-0.4, -0.2) is 53.3 Å². The smallest absolute Gasteiger partial charge is 0.249 e. The summed E-state index contributed by atoms with van der Waals surface area (Å²) in [4.78, 5) is 19.7. The van der Waals surface area contributed by atoms with E-state index in [1.54, 1.807) is 0 Å². The average molecular weight is 501 g/mol. The molecule has 1 aromatic heterocycles. The van der Waals surface area contributed by atoms with Crippen LogP contribution < -0.4 is 5.73 Å². The molecular formula is C27H34ClFN4O2. The maximum atomic E-state index is 14.6. The number of benzene rings is 2. The largest absolute Gasteiger partial charge is 0.375 e. The molecule has 0 fully saturated rings. The molecule has 6 nitrogen and oxygen atoms in total. The SMILES string of the molecule is COCC(=O)N(C[C@H](F)CN)[C@@H](c1nc(-c2ccccc2)cn1Cc1cccc(Cl)c1)C(C)(C)C. The standard InChI is InChI=1S/C27H34ClFN4O2/c1-27(2,3)25(33(16-22(29)14-30)24(34)18-35-4)26-31-23(20-10-6-5-7-11-20)17-32(26)15-19-9-8-12-21(28)13-19/h5-13,17,22,25H,14-16,18,30H2,1-4H3/t22-,25+/m1/s1. The fourth-order valence-electron chi connectivity index (χ4n) is 4.19. The summed E-state index contributed by atoms with van der Waals surface area (Å²) in [5.74, 6) is 0.340. The van der Waals surface area contributed by atoms with Crippen LogP contribution in [-0.2, 0) is 16.1 Å². The molecule has 2 atom stereocenters. The van der Waals surface area contributed by atoms with Gasteiger partial charge in [0.2, 0.25) is 5.91 Å². The van der Waals surface area contributed by atoms with Crippen molar-refractivity contribution in [2.24, 2.45) is 11.1 Å². The molecule has 0 spiro atoms. The summed E-state index contributed by atoms with van der Waals surface area (Å²) in [6, 6.07) is 16.9. The van der Waals surface area contributed by atoms with Crippen LogP contribution in [0.15, 0.2) is 60.8 Å². The zero-order chi connectivity index (χ0) is 25.6. The molecule has 0 saturated heterocycles. The molecule has 0 unspecified atom stereocenters. The van der Waals surface area contributed by atoms with E-state index in [2.05, 4.69) is 0 Å². The maximum Gasteiger partial charge on any atom is 0.249 e. The molecule has 3 aromatic rings. The number of alkyl halides is 1. The predicted molar refractivity (Wildman–Crippen MR) is 138 cm³/mol. The first-order valence-electron chi connectivity index (χ1n) is 11.6. The van der Waals surface area contributed by atoms with Crippen molar-refractivity contribution in [1.29, 1.82) is 0 Å². The van der Waals surface area contributed by atoms with Crippen LogP contribution in [0.3, 0.4) is 0 Å². The van der Waals surface area contributed by atoms with E-state index in [0.717, 1.165) is 16.8 Å². The van der Waals surface area contributed by atoms with Gasteiger partial charge in [0.15, 0.2) is 0 Å². The zero-order valence-electron chi connectivity index (χ0n) is 20.7. The van der Waals surface area contributed by atoms with Crippen LogP contribution in [0, 0.1) is 5.41 Å². The number of hydrogen-bond donors (Lipinski definition) is 1. The highest BCUT2D eigenvalue weighted by atomic mass is 35.5. The fourth-order valence-corrected chi connectivity index (χ4v) is 4.41. The van der Waals surface area contributed by atoms with E-state index < -0.39 is 17.6 Å². The summed E-state index contributed by atoms with van der Waals surface area (Å²) in [7, 11) is 1.45. The Morgan fingerprint density at radius 2 is 1.91 bits per heavy atom. The van der Waals surface area contributed by atoms with E-state index in [9.17, 15) is 9.18 Å². The number of methoxy groups -OCH3 is 1. The van der Waals surface area contributed by atoms with Crippen LogP contribution in [0.2, 0.25) is 5.02 Å². The second-order valence-electron chi connectivity index (χ2n) is 9.69. The van der Waals surface area contributed by atoms with Gasteiger partial charge in [-0.25, -0.2) is 9.37 Å². The Balaban J connectivity index is 2.17. The molecule has 2 aromatic carbocycles. The van der Waals surface area contributed by atoms with E-state index in [1.807, 2.05) is 86.1 Å². The summed E-state index contributed by atoms with van der Waals surface area (Å²) in [6.45, 7) is 6.04. The van der Waals surface area contributed by atoms with Gasteiger partial charge in [0.1, 0.15) is 18.6 Å². The number of imidazole rings is 1. The lowest BCUT2D eigenvalue weighted by Crippen LogP contribution is -2.47. The second-order valence-corrected chi connectivity index (χ2v) is 10.1. The molecule has 3 rings (SSSR count). The van der Waals surface area contributed by atoms with E-state index in [-0.39, 0.29) is 25.6 Å². The van der Waals surface area contributed by atoms with Gasteiger partial charge >= 0.3 is 0 Å². The Morgan fingerprint density at radius 1 is 1.20 bits per heavy atom. The molecule has 0 bridgehead atoms. The lowest BCUT2D eigenvalue weighted by atomic mass is 9.84. The average Bonchev–Trinajstić information content (AvgIpc) is 3.21. The first-order chi connectivity index (χ1) is 16.6. The van der Waals surface area contributed by atoms with Crippen molar-refractivity contribution in [3.8, 4) is 11.3 Å². The summed E-state index contributed by atoms with van der Waals surface area (Å²) in [6.07, 6.45) is 0.602. The number of carbonyl (C=O) groups excluding carboxylic acids is 1. The van der Waals surface area contributed by atoms with Gasteiger partial charge in [-0.3, -0.25) is 4.79 Å². The minimum atomic E-state index is -1.37. The Kier molecular flexibility index (Phi) is 9.05. The van der Waals surface area contributed by atoms with Crippen LogP contribution in [0.1, 0.15) is 38.2 Å². The molecular weight excluding hydrogens is 467 g/mol. The monoisotopic (exact) mass is 500 g/mol. The number of halogens is 2. The van der Waals surface area contributed by atoms with Crippen LogP contribution in [0.25, 0.3) is 11.3 Å². The number of amides is 1. The van der Waals surface area contributed by atoms with Crippen molar-refractivity contribution in [2.45, 2.75) is 39.5 Å². The van der Waals surface area contributed by atoms with Crippen LogP contribution in [0.4, 0.5) is 4.39 Å². The van der Waals surface area contributed by atoms with Gasteiger partial charge in [-0.05, 0) is 23.1 Å². The topological polar surface area (TPSA) is 73.4 Å². The van der Waals surface area contributed by atoms with Crippen molar-refractivity contribution in [1.82, 2.24) is 14.5 Å². The van der Waals surface area contributed by atoms with Crippen molar-refractivity contribution in [3.05, 3.63) is 77.2 Å². The lowest BCUT2D eigenvalue weighted by molar-refractivity contribution is -0.141. The minimum absolute atomic E-state index is 0.147. The molecule has 0 radical (unpaired) electrons. The van der Waals surface area contributed by atoms with Gasteiger partial charge in [-0.2, -0.15) is 0 Å². The maximum absolute atomic E-state index is 14.6. The van der Waals surface area contributed by atoms with Crippen molar-refractivity contribution < 1.29 is 13.9 Å². The third-order valence-corrected chi connectivity index (χ3v) is 5.97. The normalized spacial score (nSPS) is 13.5. The minimum Gasteiger partial charge on any atom is -0.375 e. The molecule has 8 heteroatoms. The Morgan fingerprint density at radius 3 is 2.51 bits per heavy atom. The Labute approximate surface area is 211 Å². The van der Waals surface area contributed by atoms with E-state index >= 15 is 0 Å².